The van der Waals surface area contributed by atoms with Gasteiger partial charge < -0.3 is 9.88 Å². The van der Waals surface area contributed by atoms with Crippen LogP contribution in [0.25, 0.3) is 0 Å². The minimum absolute atomic E-state index is 0.754. The standard InChI is InChI=1S/C14H23N3/c1-2-4-12(3-1)7-8-15-9-14-10-16-11-17(14)13-5-6-13/h10-13,15H,1-9H2. The van der Waals surface area contributed by atoms with Gasteiger partial charge in [0.15, 0.2) is 0 Å². The van der Waals surface area contributed by atoms with Gasteiger partial charge in [-0.25, -0.2) is 4.98 Å². The molecule has 17 heavy (non-hydrogen) atoms. The van der Waals surface area contributed by atoms with Crippen molar-refractivity contribution in [3.63, 3.8) is 0 Å². The number of rotatable bonds is 6. The quantitative estimate of drug-likeness (QED) is 0.766. The third-order valence-electron chi connectivity index (χ3n) is 4.20. The first kappa shape index (κ1) is 11.3. The molecular formula is C14H23N3. The predicted molar refractivity (Wildman–Crippen MR) is 68.8 cm³/mol. The summed E-state index contributed by atoms with van der Waals surface area (Å²) in [4.78, 5) is 4.26. The SMILES string of the molecule is c1ncn(C2CC2)c1CNCCC1CCCC1. The third-order valence-corrected chi connectivity index (χ3v) is 4.20. The molecule has 1 heterocycles. The summed E-state index contributed by atoms with van der Waals surface area (Å²) in [6, 6.07) is 0.754. The molecule has 0 radical (unpaired) electrons. The number of nitrogens with zero attached hydrogens (tertiary/aromatic N) is 2. The Morgan fingerprint density at radius 2 is 2.06 bits per heavy atom. The van der Waals surface area contributed by atoms with E-state index in [4.69, 9.17) is 0 Å². The van der Waals surface area contributed by atoms with E-state index in [1.165, 1.54) is 57.2 Å². The molecule has 0 spiro atoms. The Labute approximate surface area is 104 Å². The lowest BCUT2D eigenvalue weighted by Gasteiger charge is -2.11. The minimum Gasteiger partial charge on any atom is -0.330 e. The lowest BCUT2D eigenvalue weighted by Crippen LogP contribution is -2.18. The Kier molecular flexibility index (Phi) is 3.46. The van der Waals surface area contributed by atoms with E-state index in [-0.39, 0.29) is 0 Å². The first-order chi connectivity index (χ1) is 8.43. The first-order valence-corrected chi connectivity index (χ1v) is 7.15. The molecule has 2 fully saturated rings. The summed E-state index contributed by atoms with van der Waals surface area (Å²) in [6.07, 6.45) is 13.9. The first-order valence-electron chi connectivity index (χ1n) is 7.15. The van der Waals surface area contributed by atoms with Gasteiger partial charge >= 0.3 is 0 Å². The van der Waals surface area contributed by atoms with Crippen LogP contribution < -0.4 is 5.32 Å². The molecule has 0 saturated heterocycles. The molecular weight excluding hydrogens is 210 g/mol. The Balaban J connectivity index is 1.39. The van der Waals surface area contributed by atoms with Crippen molar-refractivity contribution in [1.82, 2.24) is 14.9 Å². The summed E-state index contributed by atoms with van der Waals surface area (Å²) in [5.74, 6) is 0.996. The fourth-order valence-electron chi connectivity index (χ4n) is 2.97. The number of aromatic nitrogens is 2. The van der Waals surface area contributed by atoms with Crippen molar-refractivity contribution in [3.8, 4) is 0 Å². The average Bonchev–Trinajstić information content (AvgIpc) is 2.89. The Hall–Kier alpha value is -0.830. The van der Waals surface area contributed by atoms with Crippen LogP contribution in [0.2, 0.25) is 0 Å². The fourth-order valence-corrected chi connectivity index (χ4v) is 2.97. The van der Waals surface area contributed by atoms with E-state index >= 15 is 0 Å². The molecule has 0 amide bonds. The van der Waals surface area contributed by atoms with E-state index < -0.39 is 0 Å². The van der Waals surface area contributed by atoms with E-state index in [0.29, 0.717) is 0 Å². The largest absolute Gasteiger partial charge is 0.330 e. The van der Waals surface area contributed by atoms with Crippen molar-refractivity contribution in [3.05, 3.63) is 18.2 Å². The smallest absolute Gasteiger partial charge is 0.0951 e. The molecule has 94 valence electrons. The zero-order valence-electron chi connectivity index (χ0n) is 10.6. The number of hydrogen-bond donors (Lipinski definition) is 1. The van der Waals surface area contributed by atoms with Crippen LogP contribution in [0.1, 0.15) is 56.7 Å². The zero-order chi connectivity index (χ0) is 11.5. The Morgan fingerprint density at radius 3 is 2.82 bits per heavy atom. The monoisotopic (exact) mass is 233 g/mol. The molecule has 3 nitrogen and oxygen atoms in total. The predicted octanol–water partition coefficient (Wildman–Crippen LogP) is 2.89. The lowest BCUT2D eigenvalue weighted by atomic mass is 10.0. The summed E-state index contributed by atoms with van der Waals surface area (Å²) in [5.41, 5.74) is 1.36. The molecule has 0 atom stereocenters. The highest BCUT2D eigenvalue weighted by Crippen LogP contribution is 2.35. The molecule has 0 aliphatic heterocycles. The van der Waals surface area contributed by atoms with Crippen LogP contribution >= 0.6 is 0 Å². The van der Waals surface area contributed by atoms with Gasteiger partial charge in [0.2, 0.25) is 0 Å². The van der Waals surface area contributed by atoms with Crippen molar-refractivity contribution in [2.75, 3.05) is 6.54 Å². The summed E-state index contributed by atoms with van der Waals surface area (Å²) in [7, 11) is 0. The maximum Gasteiger partial charge on any atom is 0.0951 e. The van der Waals surface area contributed by atoms with Crippen LogP contribution in [0.3, 0.4) is 0 Å². The number of imidazole rings is 1. The molecule has 0 aromatic carbocycles. The second-order valence-electron chi connectivity index (χ2n) is 5.64. The van der Waals surface area contributed by atoms with Crippen LogP contribution in [-0.4, -0.2) is 16.1 Å². The van der Waals surface area contributed by atoms with Gasteiger partial charge in [-0.3, -0.25) is 0 Å². The fraction of sp³-hybridized carbons (Fsp3) is 0.786. The second-order valence-corrected chi connectivity index (χ2v) is 5.64. The van der Waals surface area contributed by atoms with Gasteiger partial charge in [0.05, 0.1) is 12.0 Å². The third kappa shape index (κ3) is 2.89. The molecule has 1 aromatic rings. The highest BCUT2D eigenvalue weighted by Gasteiger charge is 2.24. The van der Waals surface area contributed by atoms with Gasteiger partial charge in [-0.1, -0.05) is 25.7 Å². The van der Waals surface area contributed by atoms with E-state index in [9.17, 15) is 0 Å². The highest BCUT2D eigenvalue weighted by atomic mass is 15.1. The molecule has 1 N–H and O–H groups in total. The molecule has 0 unspecified atom stereocenters. The van der Waals surface area contributed by atoms with Crippen molar-refractivity contribution < 1.29 is 0 Å². The van der Waals surface area contributed by atoms with Gasteiger partial charge in [0.25, 0.3) is 0 Å². The normalized spacial score (nSPS) is 21.2. The molecule has 0 bridgehead atoms. The van der Waals surface area contributed by atoms with Crippen LogP contribution in [0, 0.1) is 5.92 Å². The minimum atomic E-state index is 0.754. The van der Waals surface area contributed by atoms with Gasteiger partial charge in [0, 0.05) is 18.8 Å². The molecule has 2 aliphatic carbocycles. The van der Waals surface area contributed by atoms with Crippen LogP contribution in [-0.2, 0) is 6.54 Å². The van der Waals surface area contributed by atoms with Crippen LogP contribution in [0.15, 0.2) is 12.5 Å². The summed E-state index contributed by atoms with van der Waals surface area (Å²) in [6.45, 7) is 2.16. The van der Waals surface area contributed by atoms with Crippen LogP contribution in [0.4, 0.5) is 0 Å². The van der Waals surface area contributed by atoms with Gasteiger partial charge in [-0.15, -0.1) is 0 Å². The maximum atomic E-state index is 4.26. The highest BCUT2D eigenvalue weighted by molar-refractivity contribution is 5.03. The van der Waals surface area contributed by atoms with Crippen LogP contribution in [0.5, 0.6) is 0 Å². The Bertz CT molecular complexity index is 348. The van der Waals surface area contributed by atoms with Crippen molar-refractivity contribution >= 4 is 0 Å². The summed E-state index contributed by atoms with van der Waals surface area (Å²) in [5, 5.41) is 3.58. The topological polar surface area (TPSA) is 29.9 Å². The molecule has 3 heteroatoms. The molecule has 1 aromatic heterocycles. The zero-order valence-corrected chi connectivity index (χ0v) is 10.6. The van der Waals surface area contributed by atoms with E-state index in [1.54, 1.807) is 0 Å². The molecule has 2 aliphatic rings. The number of nitrogens with one attached hydrogen (secondary N) is 1. The second kappa shape index (κ2) is 5.21. The molecule has 3 rings (SSSR count). The van der Waals surface area contributed by atoms with E-state index in [1.807, 2.05) is 12.5 Å². The van der Waals surface area contributed by atoms with Crippen molar-refractivity contribution in [2.24, 2.45) is 5.92 Å². The van der Waals surface area contributed by atoms with Gasteiger partial charge in [-0.05, 0) is 31.7 Å². The van der Waals surface area contributed by atoms with Crippen molar-refractivity contribution in [1.29, 1.82) is 0 Å². The average molecular weight is 233 g/mol. The van der Waals surface area contributed by atoms with E-state index in [2.05, 4.69) is 14.9 Å². The summed E-state index contributed by atoms with van der Waals surface area (Å²) < 4.78 is 2.35. The number of hydrogen-bond acceptors (Lipinski definition) is 2. The van der Waals surface area contributed by atoms with E-state index in [0.717, 1.165) is 18.5 Å². The lowest BCUT2D eigenvalue weighted by molar-refractivity contribution is 0.473. The summed E-state index contributed by atoms with van der Waals surface area (Å²) >= 11 is 0. The maximum absolute atomic E-state index is 4.26. The van der Waals surface area contributed by atoms with Crippen molar-refractivity contribution in [2.45, 2.75) is 57.5 Å². The Morgan fingerprint density at radius 1 is 1.24 bits per heavy atom. The molecule has 2 saturated carbocycles. The van der Waals surface area contributed by atoms with Gasteiger partial charge in [-0.2, -0.15) is 0 Å². The van der Waals surface area contributed by atoms with Gasteiger partial charge in [0.1, 0.15) is 0 Å².